The molecule has 0 aromatic carbocycles. The summed E-state index contributed by atoms with van der Waals surface area (Å²) in [6.45, 7) is 8.31. The molecule has 0 unspecified atom stereocenters. The molecule has 4 heterocycles. The van der Waals surface area contributed by atoms with Crippen molar-refractivity contribution in [1.82, 2.24) is 19.9 Å². The third-order valence-corrected chi connectivity index (χ3v) is 5.43. The Bertz CT molecular complexity index is 644. The minimum atomic E-state index is 0.929. The lowest BCUT2D eigenvalue weighted by atomic mass is 10.1. The van der Waals surface area contributed by atoms with E-state index in [1.807, 2.05) is 0 Å². The van der Waals surface area contributed by atoms with Crippen LogP contribution in [0.4, 0.5) is 0 Å². The Hall–Kier alpha value is -1.24. The number of aromatic nitrogens is 2. The molecule has 0 aliphatic carbocycles. The molecule has 22 heavy (non-hydrogen) atoms. The highest BCUT2D eigenvalue weighted by molar-refractivity contribution is 7.09. The van der Waals surface area contributed by atoms with Crippen LogP contribution < -0.4 is 0 Å². The van der Waals surface area contributed by atoms with E-state index in [1.165, 1.54) is 37.2 Å². The average Bonchev–Trinajstić information content (AvgIpc) is 3.23. The molecule has 2 aliphatic rings. The summed E-state index contributed by atoms with van der Waals surface area (Å²) in [4.78, 5) is 9.53. The van der Waals surface area contributed by atoms with E-state index in [-0.39, 0.29) is 0 Å². The molecule has 1 saturated heterocycles. The Labute approximate surface area is 134 Å². The summed E-state index contributed by atoms with van der Waals surface area (Å²) in [7, 11) is 0. The van der Waals surface area contributed by atoms with E-state index in [9.17, 15) is 0 Å². The lowest BCUT2D eigenvalue weighted by Crippen LogP contribution is -2.30. The van der Waals surface area contributed by atoms with E-state index in [0.717, 1.165) is 49.1 Å². The third-order valence-electron chi connectivity index (χ3n) is 4.61. The maximum absolute atomic E-state index is 5.58. The number of hydrogen-bond acceptors (Lipinski definition) is 6. The van der Waals surface area contributed by atoms with Crippen LogP contribution in [0.25, 0.3) is 0 Å². The second kappa shape index (κ2) is 6.10. The Morgan fingerprint density at radius 3 is 2.82 bits per heavy atom. The zero-order valence-electron chi connectivity index (χ0n) is 13.0. The predicted molar refractivity (Wildman–Crippen MR) is 85.7 cm³/mol. The van der Waals surface area contributed by atoms with Crippen molar-refractivity contribution in [1.29, 1.82) is 0 Å². The van der Waals surface area contributed by atoms with Crippen molar-refractivity contribution in [3.63, 3.8) is 0 Å². The number of hydrogen-bond donors (Lipinski definition) is 0. The van der Waals surface area contributed by atoms with Gasteiger partial charge in [0.25, 0.3) is 0 Å². The van der Waals surface area contributed by atoms with Crippen molar-refractivity contribution in [3.8, 4) is 0 Å². The normalized spacial score (nSPS) is 19.7. The standard InChI is InChI=1S/C16H22N4OS/c1-12-17-13(11-22-12)8-20-7-4-16-14(9-20)15(18-21-16)10-19-5-2-3-6-19/h11H,2-10H2,1H3. The summed E-state index contributed by atoms with van der Waals surface area (Å²) < 4.78 is 5.58. The number of fused-ring (bicyclic) bond motifs is 1. The van der Waals surface area contributed by atoms with Gasteiger partial charge in [0.05, 0.1) is 10.7 Å². The van der Waals surface area contributed by atoms with Crippen LogP contribution in [-0.2, 0) is 26.1 Å². The minimum absolute atomic E-state index is 0.929. The maximum Gasteiger partial charge on any atom is 0.142 e. The van der Waals surface area contributed by atoms with Crippen LogP contribution in [0.3, 0.4) is 0 Å². The number of aryl methyl sites for hydroxylation is 1. The second-order valence-corrected chi connectivity index (χ2v) is 7.39. The molecule has 0 spiro atoms. The van der Waals surface area contributed by atoms with Crippen LogP contribution in [0.5, 0.6) is 0 Å². The molecule has 0 saturated carbocycles. The van der Waals surface area contributed by atoms with Gasteiger partial charge in [-0.25, -0.2) is 4.98 Å². The van der Waals surface area contributed by atoms with Gasteiger partial charge in [0, 0.05) is 43.5 Å². The molecule has 0 radical (unpaired) electrons. The molecular weight excluding hydrogens is 296 g/mol. The lowest BCUT2D eigenvalue weighted by molar-refractivity contribution is 0.226. The molecule has 4 rings (SSSR count). The van der Waals surface area contributed by atoms with Crippen LogP contribution in [0.1, 0.15) is 40.6 Å². The molecule has 5 nitrogen and oxygen atoms in total. The third kappa shape index (κ3) is 2.95. The first-order valence-electron chi connectivity index (χ1n) is 8.10. The van der Waals surface area contributed by atoms with Gasteiger partial charge in [-0.2, -0.15) is 0 Å². The summed E-state index contributed by atoms with van der Waals surface area (Å²) in [5.41, 5.74) is 3.66. The van der Waals surface area contributed by atoms with Crippen LogP contribution >= 0.6 is 11.3 Å². The topological polar surface area (TPSA) is 45.4 Å². The van der Waals surface area contributed by atoms with E-state index < -0.39 is 0 Å². The SMILES string of the molecule is Cc1nc(CN2CCc3onc(CN4CCCC4)c3C2)cs1. The van der Waals surface area contributed by atoms with Gasteiger partial charge in [0.2, 0.25) is 0 Å². The molecule has 0 amide bonds. The van der Waals surface area contributed by atoms with Gasteiger partial charge in [0.15, 0.2) is 0 Å². The number of likely N-dealkylation sites (tertiary alicyclic amines) is 1. The van der Waals surface area contributed by atoms with E-state index in [1.54, 1.807) is 11.3 Å². The van der Waals surface area contributed by atoms with Gasteiger partial charge in [-0.1, -0.05) is 5.16 Å². The van der Waals surface area contributed by atoms with Crippen LogP contribution in [0.15, 0.2) is 9.90 Å². The van der Waals surface area contributed by atoms with Gasteiger partial charge in [-0.05, 0) is 32.9 Å². The van der Waals surface area contributed by atoms with Crippen molar-refractivity contribution < 1.29 is 4.52 Å². The monoisotopic (exact) mass is 318 g/mol. The highest BCUT2D eigenvalue weighted by Crippen LogP contribution is 2.25. The fourth-order valence-corrected chi connectivity index (χ4v) is 4.05. The zero-order chi connectivity index (χ0) is 14.9. The first kappa shape index (κ1) is 14.4. The summed E-state index contributed by atoms with van der Waals surface area (Å²) in [6.07, 6.45) is 3.59. The summed E-state index contributed by atoms with van der Waals surface area (Å²) >= 11 is 1.73. The van der Waals surface area contributed by atoms with Crippen molar-refractivity contribution in [3.05, 3.63) is 33.1 Å². The summed E-state index contributed by atoms with van der Waals surface area (Å²) in [6, 6.07) is 0. The van der Waals surface area contributed by atoms with Gasteiger partial charge in [-0.15, -0.1) is 11.3 Å². The molecule has 0 N–H and O–H groups in total. The highest BCUT2D eigenvalue weighted by Gasteiger charge is 2.26. The Balaban J connectivity index is 1.45. The van der Waals surface area contributed by atoms with Crippen molar-refractivity contribution in [2.24, 2.45) is 0 Å². The minimum Gasteiger partial charge on any atom is -0.361 e. The smallest absolute Gasteiger partial charge is 0.142 e. The number of nitrogens with zero attached hydrogens (tertiary/aromatic N) is 4. The maximum atomic E-state index is 5.58. The quantitative estimate of drug-likeness (QED) is 0.867. The predicted octanol–water partition coefficient (Wildman–Crippen LogP) is 2.59. The number of rotatable bonds is 4. The fraction of sp³-hybridized carbons (Fsp3) is 0.625. The molecular formula is C16H22N4OS. The Kier molecular flexibility index (Phi) is 3.98. The van der Waals surface area contributed by atoms with Crippen molar-refractivity contribution in [2.75, 3.05) is 19.6 Å². The molecule has 2 aromatic rings. The van der Waals surface area contributed by atoms with Gasteiger partial charge < -0.3 is 4.52 Å². The average molecular weight is 318 g/mol. The number of thiazole rings is 1. The van der Waals surface area contributed by atoms with E-state index in [4.69, 9.17) is 4.52 Å². The van der Waals surface area contributed by atoms with Gasteiger partial charge in [-0.3, -0.25) is 9.80 Å². The Morgan fingerprint density at radius 1 is 1.18 bits per heavy atom. The fourth-order valence-electron chi connectivity index (χ4n) is 3.44. The zero-order valence-corrected chi connectivity index (χ0v) is 13.9. The molecule has 2 aromatic heterocycles. The Morgan fingerprint density at radius 2 is 2.05 bits per heavy atom. The molecule has 2 aliphatic heterocycles. The van der Waals surface area contributed by atoms with Crippen LogP contribution in [0.2, 0.25) is 0 Å². The summed E-state index contributed by atoms with van der Waals surface area (Å²) in [5.74, 6) is 1.10. The molecule has 1 fully saturated rings. The first-order chi connectivity index (χ1) is 10.8. The molecule has 0 atom stereocenters. The van der Waals surface area contributed by atoms with Crippen LogP contribution in [-0.4, -0.2) is 39.6 Å². The lowest BCUT2D eigenvalue weighted by Gasteiger charge is -2.25. The summed E-state index contributed by atoms with van der Waals surface area (Å²) in [5, 5.41) is 7.67. The van der Waals surface area contributed by atoms with Crippen molar-refractivity contribution in [2.45, 2.75) is 45.8 Å². The van der Waals surface area contributed by atoms with E-state index in [0.29, 0.717) is 0 Å². The second-order valence-electron chi connectivity index (χ2n) is 6.33. The van der Waals surface area contributed by atoms with E-state index in [2.05, 4.69) is 32.2 Å². The van der Waals surface area contributed by atoms with Gasteiger partial charge >= 0.3 is 0 Å². The van der Waals surface area contributed by atoms with E-state index >= 15 is 0 Å². The largest absolute Gasteiger partial charge is 0.361 e. The van der Waals surface area contributed by atoms with Gasteiger partial charge in [0.1, 0.15) is 11.5 Å². The van der Waals surface area contributed by atoms with Crippen molar-refractivity contribution >= 4 is 11.3 Å². The molecule has 6 heteroatoms. The molecule has 118 valence electrons. The van der Waals surface area contributed by atoms with Crippen LogP contribution in [0, 0.1) is 6.92 Å². The first-order valence-corrected chi connectivity index (χ1v) is 8.98. The highest BCUT2D eigenvalue weighted by atomic mass is 32.1. The molecule has 0 bridgehead atoms.